The van der Waals surface area contributed by atoms with Crippen molar-refractivity contribution >= 4 is 40.5 Å². The molecule has 162 valence electrons. The van der Waals surface area contributed by atoms with Crippen molar-refractivity contribution in [2.24, 2.45) is 11.0 Å². The molecule has 0 saturated carbocycles. The fourth-order valence-corrected chi connectivity index (χ4v) is 3.58. The first-order chi connectivity index (χ1) is 14.8. The maximum absolute atomic E-state index is 12.7. The molecule has 2 amide bonds. The topological polar surface area (TPSA) is 75.5 Å². The third-order valence-corrected chi connectivity index (χ3v) is 5.26. The van der Waals surface area contributed by atoms with Crippen molar-refractivity contribution in [3.63, 3.8) is 0 Å². The molecule has 0 fully saturated rings. The highest BCUT2D eigenvalue weighted by Crippen LogP contribution is 2.23. The van der Waals surface area contributed by atoms with Gasteiger partial charge in [-0.05, 0) is 44.0 Å². The average molecular weight is 439 g/mol. The minimum Gasteiger partial charge on any atom is -0.344 e. The second-order valence-electron chi connectivity index (χ2n) is 8.04. The summed E-state index contributed by atoms with van der Waals surface area (Å²) in [6.45, 7) is 7.96. The van der Waals surface area contributed by atoms with Gasteiger partial charge in [0.2, 0.25) is 0 Å². The molecular weight excluding hydrogens is 412 g/mol. The minimum atomic E-state index is -0.736. The van der Waals surface area contributed by atoms with Crippen LogP contribution >= 0.6 is 11.6 Å². The Morgan fingerprint density at radius 3 is 2.48 bits per heavy atom. The number of rotatable bonds is 7. The van der Waals surface area contributed by atoms with Gasteiger partial charge in [-0.2, -0.15) is 5.10 Å². The second-order valence-corrected chi connectivity index (χ2v) is 8.48. The lowest BCUT2D eigenvalue weighted by Crippen LogP contribution is -2.48. The van der Waals surface area contributed by atoms with Crippen molar-refractivity contribution in [1.82, 2.24) is 15.3 Å². The number of carbonyl (C=O) groups is 2. The van der Waals surface area contributed by atoms with Crippen LogP contribution in [0.2, 0.25) is 5.02 Å². The summed E-state index contributed by atoms with van der Waals surface area (Å²) in [4.78, 5) is 25.2. The van der Waals surface area contributed by atoms with Gasteiger partial charge in [0.15, 0.2) is 0 Å². The van der Waals surface area contributed by atoms with Crippen molar-refractivity contribution in [2.45, 2.75) is 39.8 Å². The summed E-state index contributed by atoms with van der Waals surface area (Å²) >= 11 is 5.96. The molecule has 1 atom stereocenters. The summed E-state index contributed by atoms with van der Waals surface area (Å²) < 4.78 is 2.17. The lowest BCUT2D eigenvalue weighted by atomic mass is 10.0. The molecule has 0 spiro atoms. The van der Waals surface area contributed by atoms with Gasteiger partial charge in [-0.3, -0.25) is 9.59 Å². The van der Waals surface area contributed by atoms with Gasteiger partial charge in [0.05, 0.1) is 6.21 Å². The van der Waals surface area contributed by atoms with Gasteiger partial charge in [-0.25, -0.2) is 5.43 Å². The molecule has 1 aromatic heterocycles. The highest BCUT2D eigenvalue weighted by molar-refractivity contribution is 6.31. The number of nitrogens with one attached hydrogen (secondary N) is 2. The number of carbonyl (C=O) groups excluding carboxylic acids is 2. The van der Waals surface area contributed by atoms with E-state index in [4.69, 9.17) is 11.6 Å². The first-order valence-electron chi connectivity index (χ1n) is 10.3. The fraction of sp³-hybridized carbons (Fsp3) is 0.292. The van der Waals surface area contributed by atoms with Crippen LogP contribution in [-0.4, -0.2) is 28.6 Å². The lowest BCUT2D eigenvalue weighted by molar-refractivity contribution is -0.123. The number of halogens is 1. The standard InChI is InChI=1S/C24H27ClN4O2/c1-15(2)22(27-23(30)17-8-7-9-19(25)12-17)24(31)28-26-13-18-14-29(16(3)4)21-11-6-5-10-20(18)21/h5-16,22H,1-4H3,(H,27,30)(H,28,31). The number of nitrogens with zero attached hydrogens (tertiary/aromatic N) is 2. The Morgan fingerprint density at radius 1 is 1.06 bits per heavy atom. The largest absolute Gasteiger partial charge is 0.344 e. The van der Waals surface area contributed by atoms with E-state index in [-0.39, 0.29) is 17.7 Å². The van der Waals surface area contributed by atoms with Crippen LogP contribution in [0.25, 0.3) is 10.9 Å². The molecule has 1 unspecified atom stereocenters. The van der Waals surface area contributed by atoms with Crippen LogP contribution < -0.4 is 10.7 Å². The predicted molar refractivity (Wildman–Crippen MR) is 126 cm³/mol. The van der Waals surface area contributed by atoms with Crippen molar-refractivity contribution in [3.8, 4) is 0 Å². The summed E-state index contributed by atoms with van der Waals surface area (Å²) in [5, 5.41) is 8.44. The molecule has 0 bridgehead atoms. The Bertz CT molecular complexity index is 1120. The van der Waals surface area contributed by atoms with E-state index in [0.717, 1.165) is 16.5 Å². The molecule has 1 heterocycles. The first-order valence-corrected chi connectivity index (χ1v) is 10.6. The number of hydrogen-bond acceptors (Lipinski definition) is 3. The smallest absolute Gasteiger partial charge is 0.262 e. The fourth-order valence-electron chi connectivity index (χ4n) is 3.39. The zero-order chi connectivity index (χ0) is 22.5. The molecule has 0 radical (unpaired) electrons. The Morgan fingerprint density at radius 2 is 1.81 bits per heavy atom. The molecule has 0 saturated heterocycles. The molecule has 2 aromatic carbocycles. The van der Waals surface area contributed by atoms with Gasteiger partial charge in [0.1, 0.15) is 6.04 Å². The molecule has 6 nitrogen and oxygen atoms in total. The molecule has 3 rings (SSSR count). The van der Waals surface area contributed by atoms with Crippen LogP contribution in [0.4, 0.5) is 0 Å². The van der Waals surface area contributed by atoms with Gasteiger partial charge < -0.3 is 9.88 Å². The van der Waals surface area contributed by atoms with E-state index in [1.165, 1.54) is 0 Å². The monoisotopic (exact) mass is 438 g/mol. The maximum atomic E-state index is 12.7. The van der Waals surface area contributed by atoms with Crippen molar-refractivity contribution in [2.75, 3.05) is 0 Å². The van der Waals surface area contributed by atoms with Gasteiger partial charge >= 0.3 is 0 Å². The molecular formula is C24H27ClN4O2. The molecule has 31 heavy (non-hydrogen) atoms. The van der Waals surface area contributed by atoms with E-state index in [2.05, 4.69) is 40.3 Å². The number of fused-ring (bicyclic) bond motifs is 1. The third-order valence-electron chi connectivity index (χ3n) is 5.03. The van der Waals surface area contributed by atoms with Crippen LogP contribution in [0.15, 0.2) is 59.8 Å². The lowest BCUT2D eigenvalue weighted by Gasteiger charge is -2.20. The molecule has 0 aliphatic rings. The van der Waals surface area contributed by atoms with E-state index in [1.807, 2.05) is 38.2 Å². The number of hydrazone groups is 1. The van der Waals surface area contributed by atoms with E-state index >= 15 is 0 Å². The quantitative estimate of drug-likeness (QED) is 0.411. The van der Waals surface area contributed by atoms with Gasteiger partial charge in [-0.1, -0.05) is 49.7 Å². The van der Waals surface area contributed by atoms with E-state index in [0.29, 0.717) is 16.6 Å². The summed E-state index contributed by atoms with van der Waals surface area (Å²) in [7, 11) is 0. The first kappa shape index (κ1) is 22.6. The number of hydrogen-bond donors (Lipinski definition) is 2. The van der Waals surface area contributed by atoms with E-state index < -0.39 is 6.04 Å². The average Bonchev–Trinajstić information content (AvgIpc) is 3.10. The van der Waals surface area contributed by atoms with Crippen LogP contribution in [0.5, 0.6) is 0 Å². The highest BCUT2D eigenvalue weighted by Gasteiger charge is 2.24. The Hall–Kier alpha value is -3.12. The summed E-state index contributed by atoms with van der Waals surface area (Å²) in [5.74, 6) is -0.865. The Kier molecular flexibility index (Phi) is 7.13. The molecule has 2 N–H and O–H groups in total. The summed E-state index contributed by atoms with van der Waals surface area (Å²) in [5.41, 5.74) is 4.98. The highest BCUT2D eigenvalue weighted by atomic mass is 35.5. The maximum Gasteiger partial charge on any atom is 0.262 e. The van der Waals surface area contributed by atoms with Crippen LogP contribution in [0.1, 0.15) is 49.7 Å². The van der Waals surface area contributed by atoms with Crippen LogP contribution in [0, 0.1) is 5.92 Å². The Labute approximate surface area is 187 Å². The molecule has 7 heteroatoms. The zero-order valence-corrected chi connectivity index (χ0v) is 18.9. The van der Waals surface area contributed by atoms with Crippen LogP contribution in [-0.2, 0) is 4.79 Å². The van der Waals surface area contributed by atoms with Crippen molar-refractivity contribution in [3.05, 3.63) is 70.9 Å². The summed E-state index contributed by atoms with van der Waals surface area (Å²) in [6.07, 6.45) is 3.65. The SMILES string of the molecule is CC(C)C(NC(=O)c1cccc(Cl)c1)C(=O)NN=Cc1cn(C(C)C)c2ccccc12. The van der Waals surface area contributed by atoms with Crippen LogP contribution in [0.3, 0.4) is 0 Å². The normalized spacial score (nSPS) is 12.6. The molecule has 0 aliphatic heterocycles. The molecule has 0 aliphatic carbocycles. The van der Waals surface area contributed by atoms with Gasteiger partial charge in [0, 0.05) is 39.3 Å². The molecule has 3 aromatic rings. The second kappa shape index (κ2) is 9.79. The van der Waals surface area contributed by atoms with Crippen molar-refractivity contribution in [1.29, 1.82) is 0 Å². The van der Waals surface area contributed by atoms with E-state index in [9.17, 15) is 9.59 Å². The summed E-state index contributed by atoms with van der Waals surface area (Å²) in [6, 6.07) is 14.2. The number of benzene rings is 2. The van der Waals surface area contributed by atoms with Crippen molar-refractivity contribution < 1.29 is 9.59 Å². The third kappa shape index (κ3) is 5.33. The minimum absolute atomic E-state index is 0.124. The van der Waals surface area contributed by atoms with E-state index in [1.54, 1.807) is 30.5 Å². The van der Waals surface area contributed by atoms with Gasteiger partial charge in [-0.15, -0.1) is 0 Å². The Balaban J connectivity index is 1.73. The number of aromatic nitrogens is 1. The number of amides is 2. The zero-order valence-electron chi connectivity index (χ0n) is 18.1. The number of para-hydroxylation sites is 1. The predicted octanol–water partition coefficient (Wildman–Crippen LogP) is 4.78. The van der Waals surface area contributed by atoms with Gasteiger partial charge in [0.25, 0.3) is 11.8 Å².